The summed E-state index contributed by atoms with van der Waals surface area (Å²) >= 11 is 12.9. The van der Waals surface area contributed by atoms with Gasteiger partial charge in [-0.25, -0.2) is 0 Å². The smallest absolute Gasteiger partial charge is 0.143 e. The summed E-state index contributed by atoms with van der Waals surface area (Å²) in [6.07, 6.45) is 5.60. The molecule has 29 heavy (non-hydrogen) atoms. The second-order valence-electron chi connectivity index (χ2n) is 7.61. The Bertz CT molecular complexity index is 1060. The first kappa shape index (κ1) is 18.6. The Morgan fingerprint density at radius 3 is 2.55 bits per heavy atom. The molecule has 1 heterocycles. The van der Waals surface area contributed by atoms with Gasteiger partial charge in [0.15, 0.2) is 0 Å². The van der Waals surface area contributed by atoms with Crippen molar-refractivity contribution in [3.8, 4) is 5.75 Å². The number of rotatable bonds is 4. The van der Waals surface area contributed by atoms with Crippen molar-refractivity contribution in [1.82, 2.24) is 0 Å². The number of nitrogens with one attached hydrogen (secondary N) is 1. The molecule has 0 aromatic heterocycles. The number of allylic oxidation sites excluding steroid dienone is 2. The molecular weight excluding hydrogens is 401 g/mol. The summed E-state index contributed by atoms with van der Waals surface area (Å²) in [7, 11) is 0. The second kappa shape index (κ2) is 7.78. The summed E-state index contributed by atoms with van der Waals surface area (Å²) in [4.78, 5) is 0. The highest BCUT2D eigenvalue weighted by atomic mass is 35.5. The van der Waals surface area contributed by atoms with Gasteiger partial charge >= 0.3 is 0 Å². The van der Waals surface area contributed by atoms with Gasteiger partial charge in [0, 0.05) is 5.92 Å². The van der Waals surface area contributed by atoms with Crippen LogP contribution < -0.4 is 10.1 Å². The summed E-state index contributed by atoms with van der Waals surface area (Å²) in [5, 5.41) is 4.97. The molecule has 2 nitrogen and oxygen atoms in total. The molecule has 3 atom stereocenters. The molecule has 3 unspecified atom stereocenters. The van der Waals surface area contributed by atoms with Crippen LogP contribution >= 0.6 is 23.2 Å². The SMILES string of the molecule is Clc1cccc(C2Nc3c(OCc4ccccc4)cccc3C3C=CCC32)c1Cl. The molecule has 2 aliphatic rings. The molecule has 5 rings (SSSR count). The van der Waals surface area contributed by atoms with Gasteiger partial charge in [0.1, 0.15) is 12.4 Å². The van der Waals surface area contributed by atoms with E-state index in [-0.39, 0.29) is 6.04 Å². The number of ether oxygens (including phenoxy) is 1. The van der Waals surface area contributed by atoms with Crippen LogP contribution in [0, 0.1) is 5.92 Å². The Labute approximate surface area is 181 Å². The third-order valence-electron chi connectivity index (χ3n) is 5.91. The maximum atomic E-state index is 6.60. The maximum absolute atomic E-state index is 6.60. The van der Waals surface area contributed by atoms with Gasteiger partial charge < -0.3 is 10.1 Å². The van der Waals surface area contributed by atoms with E-state index in [0.717, 1.165) is 29.0 Å². The van der Waals surface area contributed by atoms with E-state index in [1.54, 1.807) is 0 Å². The predicted octanol–water partition coefficient (Wildman–Crippen LogP) is 7.40. The van der Waals surface area contributed by atoms with Gasteiger partial charge in [0.25, 0.3) is 0 Å². The highest BCUT2D eigenvalue weighted by molar-refractivity contribution is 6.42. The third kappa shape index (κ3) is 3.41. The number of anilines is 1. The molecule has 0 saturated carbocycles. The molecule has 1 N–H and O–H groups in total. The van der Waals surface area contributed by atoms with E-state index < -0.39 is 0 Å². The summed E-state index contributed by atoms with van der Waals surface area (Å²) in [6, 6.07) is 22.5. The van der Waals surface area contributed by atoms with Crippen LogP contribution in [0.25, 0.3) is 0 Å². The quantitative estimate of drug-likeness (QED) is 0.443. The van der Waals surface area contributed by atoms with Crippen molar-refractivity contribution in [1.29, 1.82) is 0 Å². The van der Waals surface area contributed by atoms with Crippen LogP contribution in [0.2, 0.25) is 10.0 Å². The molecule has 146 valence electrons. The molecule has 1 aliphatic heterocycles. The van der Waals surface area contributed by atoms with Gasteiger partial charge in [-0.15, -0.1) is 0 Å². The standard InChI is InChI=1S/C25H21Cl2NO/c26-21-13-5-12-20(23(21)27)24-18-10-4-9-17(18)19-11-6-14-22(25(19)28-24)29-15-16-7-2-1-3-8-16/h1-9,11-14,17-18,24,28H,10,15H2. The molecule has 3 aromatic carbocycles. The minimum Gasteiger partial charge on any atom is -0.487 e. The zero-order valence-electron chi connectivity index (χ0n) is 15.8. The third-order valence-corrected chi connectivity index (χ3v) is 6.75. The molecule has 0 bridgehead atoms. The van der Waals surface area contributed by atoms with E-state index in [1.807, 2.05) is 36.4 Å². The Morgan fingerprint density at radius 1 is 0.897 bits per heavy atom. The van der Waals surface area contributed by atoms with Crippen LogP contribution in [0.3, 0.4) is 0 Å². The van der Waals surface area contributed by atoms with E-state index in [9.17, 15) is 0 Å². The number of hydrogen-bond donors (Lipinski definition) is 1. The van der Waals surface area contributed by atoms with Crippen LogP contribution in [0.5, 0.6) is 5.75 Å². The first-order valence-electron chi connectivity index (χ1n) is 9.89. The average Bonchev–Trinajstić information content (AvgIpc) is 3.25. The van der Waals surface area contributed by atoms with Gasteiger partial charge in [0.2, 0.25) is 0 Å². The Hall–Kier alpha value is -2.42. The molecule has 0 saturated heterocycles. The fraction of sp³-hybridized carbons (Fsp3) is 0.200. The number of halogens is 2. The summed E-state index contributed by atoms with van der Waals surface area (Å²) < 4.78 is 6.23. The van der Waals surface area contributed by atoms with Crippen LogP contribution in [0.15, 0.2) is 78.9 Å². The van der Waals surface area contributed by atoms with Gasteiger partial charge in [-0.05, 0) is 41.2 Å². The molecular formula is C25H21Cl2NO. The van der Waals surface area contributed by atoms with Gasteiger partial charge in [0.05, 0.1) is 21.8 Å². The summed E-state index contributed by atoms with van der Waals surface area (Å²) in [5.41, 5.74) is 4.52. The first-order chi connectivity index (χ1) is 14.2. The highest BCUT2D eigenvalue weighted by Gasteiger charge is 2.39. The van der Waals surface area contributed by atoms with Crippen LogP contribution in [0.4, 0.5) is 5.69 Å². The lowest BCUT2D eigenvalue weighted by Gasteiger charge is -2.38. The van der Waals surface area contributed by atoms with E-state index in [1.165, 1.54) is 5.56 Å². The lowest BCUT2D eigenvalue weighted by atomic mass is 9.77. The fourth-order valence-corrected chi connectivity index (χ4v) is 4.94. The molecule has 0 radical (unpaired) electrons. The average molecular weight is 422 g/mol. The van der Waals surface area contributed by atoms with Crippen molar-refractivity contribution in [2.45, 2.75) is 25.0 Å². The highest BCUT2D eigenvalue weighted by Crippen LogP contribution is 2.53. The topological polar surface area (TPSA) is 21.3 Å². The fourth-order valence-electron chi connectivity index (χ4n) is 4.52. The minimum atomic E-state index is 0.0789. The predicted molar refractivity (Wildman–Crippen MR) is 120 cm³/mol. The second-order valence-corrected chi connectivity index (χ2v) is 8.40. The lowest BCUT2D eigenvalue weighted by Crippen LogP contribution is -2.29. The normalized spacial score (nSPS) is 21.9. The number of para-hydroxylation sites is 1. The van der Waals surface area contributed by atoms with Crippen molar-refractivity contribution < 1.29 is 4.74 Å². The lowest BCUT2D eigenvalue weighted by molar-refractivity contribution is 0.304. The number of hydrogen-bond acceptors (Lipinski definition) is 2. The Balaban J connectivity index is 1.52. The molecule has 0 fully saturated rings. The Kier molecular flexibility index (Phi) is 4.99. The van der Waals surface area contributed by atoms with E-state index in [2.05, 4.69) is 47.8 Å². The molecule has 3 aromatic rings. The molecule has 4 heteroatoms. The van der Waals surface area contributed by atoms with Gasteiger partial charge in [-0.3, -0.25) is 0 Å². The molecule has 1 aliphatic carbocycles. The summed E-state index contributed by atoms with van der Waals surface area (Å²) in [6.45, 7) is 0.533. The van der Waals surface area contributed by atoms with Gasteiger partial charge in [-0.1, -0.05) is 90.0 Å². The zero-order chi connectivity index (χ0) is 19.8. The van der Waals surface area contributed by atoms with Crippen molar-refractivity contribution >= 4 is 28.9 Å². The largest absolute Gasteiger partial charge is 0.487 e. The van der Waals surface area contributed by atoms with E-state index >= 15 is 0 Å². The zero-order valence-corrected chi connectivity index (χ0v) is 17.3. The van der Waals surface area contributed by atoms with Crippen LogP contribution in [-0.2, 0) is 6.61 Å². The van der Waals surface area contributed by atoms with Crippen LogP contribution in [0.1, 0.15) is 35.1 Å². The van der Waals surface area contributed by atoms with Gasteiger partial charge in [-0.2, -0.15) is 0 Å². The number of fused-ring (bicyclic) bond motifs is 3. The Morgan fingerprint density at radius 2 is 1.69 bits per heavy atom. The van der Waals surface area contributed by atoms with Crippen molar-refractivity contribution in [2.24, 2.45) is 5.92 Å². The monoisotopic (exact) mass is 421 g/mol. The first-order valence-corrected chi connectivity index (χ1v) is 10.6. The van der Waals surface area contributed by atoms with Crippen molar-refractivity contribution in [3.05, 3.63) is 106 Å². The molecule has 0 spiro atoms. The van der Waals surface area contributed by atoms with E-state index in [0.29, 0.717) is 28.5 Å². The number of benzene rings is 3. The molecule has 0 amide bonds. The van der Waals surface area contributed by atoms with Crippen molar-refractivity contribution in [3.63, 3.8) is 0 Å². The van der Waals surface area contributed by atoms with Crippen LogP contribution in [-0.4, -0.2) is 0 Å². The summed E-state index contributed by atoms with van der Waals surface area (Å²) in [5.74, 6) is 1.61. The van der Waals surface area contributed by atoms with Crippen molar-refractivity contribution in [2.75, 3.05) is 5.32 Å². The minimum absolute atomic E-state index is 0.0789. The van der Waals surface area contributed by atoms with E-state index in [4.69, 9.17) is 27.9 Å². The maximum Gasteiger partial charge on any atom is 0.143 e.